The van der Waals surface area contributed by atoms with Gasteiger partial charge in [0, 0.05) is 30.1 Å². The zero-order chi connectivity index (χ0) is 18.1. The van der Waals surface area contributed by atoms with Crippen molar-refractivity contribution >= 4 is 5.95 Å². The zero-order valence-electron chi connectivity index (χ0n) is 15.3. The number of aromatic hydroxyl groups is 1. The molecule has 1 fully saturated rings. The molecule has 1 atom stereocenters. The Balaban J connectivity index is 1.55. The molecule has 0 spiro atoms. The lowest BCUT2D eigenvalue weighted by atomic mass is 10.0. The summed E-state index contributed by atoms with van der Waals surface area (Å²) in [6, 6.07) is 4.05. The Morgan fingerprint density at radius 1 is 1.35 bits per heavy atom. The number of ether oxygens (including phenoxy) is 1. The number of fused-ring (bicyclic) bond motifs is 1. The summed E-state index contributed by atoms with van der Waals surface area (Å²) in [5.41, 5.74) is 2.86. The number of hydrogen-bond acceptors (Lipinski definition) is 7. The lowest BCUT2D eigenvalue weighted by Crippen LogP contribution is -2.42. The minimum atomic E-state index is 0.228. The molecule has 0 saturated carbocycles. The molecule has 7 nitrogen and oxygen atoms in total. The van der Waals surface area contributed by atoms with Crippen molar-refractivity contribution in [1.82, 2.24) is 20.1 Å². The van der Waals surface area contributed by atoms with Gasteiger partial charge >= 0.3 is 0 Å². The average Bonchev–Trinajstić information content (AvgIpc) is 3.13. The third-order valence-corrected chi connectivity index (χ3v) is 5.25. The van der Waals surface area contributed by atoms with Gasteiger partial charge in [0.05, 0.1) is 12.3 Å². The molecular formula is C19H25N5O2. The quantitative estimate of drug-likeness (QED) is 0.871. The van der Waals surface area contributed by atoms with Crippen LogP contribution in [0.3, 0.4) is 0 Å². The second kappa shape index (κ2) is 7.07. The summed E-state index contributed by atoms with van der Waals surface area (Å²) in [5, 5.41) is 22.6. The first-order chi connectivity index (χ1) is 12.7. The molecule has 2 N–H and O–H groups in total. The van der Waals surface area contributed by atoms with Crippen LogP contribution in [0.4, 0.5) is 5.95 Å². The molecule has 0 radical (unpaired) electrons. The average molecular weight is 355 g/mol. The van der Waals surface area contributed by atoms with Gasteiger partial charge in [-0.25, -0.2) is 4.98 Å². The van der Waals surface area contributed by atoms with Gasteiger partial charge in [0.15, 0.2) is 0 Å². The first-order valence-corrected chi connectivity index (χ1v) is 9.34. The molecule has 1 saturated heterocycles. The number of nitrogens with one attached hydrogen (secondary N) is 1. The molecule has 0 bridgehead atoms. The van der Waals surface area contributed by atoms with Gasteiger partial charge in [0.25, 0.3) is 0 Å². The number of likely N-dealkylation sites (tertiary alicyclic amines) is 1. The van der Waals surface area contributed by atoms with Gasteiger partial charge in [0.1, 0.15) is 17.2 Å². The van der Waals surface area contributed by atoms with Crippen molar-refractivity contribution in [1.29, 1.82) is 0 Å². The van der Waals surface area contributed by atoms with Crippen LogP contribution in [-0.4, -0.2) is 57.5 Å². The van der Waals surface area contributed by atoms with E-state index in [2.05, 4.69) is 32.3 Å². The molecule has 138 valence electrons. The number of benzene rings is 1. The van der Waals surface area contributed by atoms with Crippen LogP contribution in [0.1, 0.15) is 31.0 Å². The number of piperidine rings is 1. The van der Waals surface area contributed by atoms with Crippen LogP contribution in [0, 0.1) is 6.92 Å². The number of nitrogens with zero attached hydrogens (tertiary/aromatic N) is 4. The van der Waals surface area contributed by atoms with Crippen molar-refractivity contribution in [2.24, 2.45) is 0 Å². The first-order valence-electron chi connectivity index (χ1n) is 9.34. The van der Waals surface area contributed by atoms with Crippen LogP contribution in [-0.2, 0) is 6.42 Å². The first kappa shape index (κ1) is 17.0. The van der Waals surface area contributed by atoms with Crippen molar-refractivity contribution < 1.29 is 9.84 Å². The van der Waals surface area contributed by atoms with Crippen molar-refractivity contribution in [3.63, 3.8) is 0 Å². The molecule has 1 aromatic carbocycles. The summed E-state index contributed by atoms with van der Waals surface area (Å²) in [7, 11) is 0. The molecule has 0 aliphatic carbocycles. The fraction of sp³-hybridized carbons (Fsp3) is 0.526. The molecule has 2 aliphatic heterocycles. The molecule has 1 unspecified atom stereocenters. The van der Waals surface area contributed by atoms with Gasteiger partial charge in [-0.1, -0.05) is 6.92 Å². The number of rotatable bonds is 4. The normalized spacial score (nSPS) is 19.8. The number of hydrogen-bond donors (Lipinski definition) is 2. The molecule has 4 rings (SSSR count). The lowest BCUT2D eigenvalue weighted by molar-refractivity contribution is 0.226. The van der Waals surface area contributed by atoms with Gasteiger partial charge in [0.2, 0.25) is 5.95 Å². The maximum absolute atomic E-state index is 10.6. The highest BCUT2D eigenvalue weighted by Crippen LogP contribution is 2.40. The Labute approximate surface area is 153 Å². The minimum Gasteiger partial charge on any atom is -0.507 e. The van der Waals surface area contributed by atoms with E-state index in [0.717, 1.165) is 43.1 Å². The fourth-order valence-corrected chi connectivity index (χ4v) is 3.81. The van der Waals surface area contributed by atoms with Gasteiger partial charge < -0.3 is 20.1 Å². The SMILES string of the molecule is CCN1CCCC(Nc2nnc(-c3ccc4c(c3O)CCO4)c(C)n2)C1. The molecule has 0 amide bonds. The van der Waals surface area contributed by atoms with Crippen molar-refractivity contribution in [3.8, 4) is 22.8 Å². The highest BCUT2D eigenvalue weighted by Gasteiger charge is 2.23. The second-order valence-corrected chi connectivity index (χ2v) is 6.98. The Morgan fingerprint density at radius 2 is 2.23 bits per heavy atom. The van der Waals surface area contributed by atoms with E-state index in [4.69, 9.17) is 4.74 Å². The van der Waals surface area contributed by atoms with E-state index >= 15 is 0 Å². The molecule has 1 aromatic heterocycles. The van der Waals surface area contributed by atoms with E-state index in [0.29, 0.717) is 36.3 Å². The predicted octanol–water partition coefficient (Wildman–Crippen LogP) is 2.38. The van der Waals surface area contributed by atoms with Gasteiger partial charge in [-0.05, 0) is 45.0 Å². The van der Waals surface area contributed by atoms with Gasteiger partial charge in [-0.2, -0.15) is 0 Å². The van der Waals surface area contributed by atoms with E-state index in [1.165, 1.54) is 6.42 Å². The topological polar surface area (TPSA) is 83.4 Å². The lowest BCUT2D eigenvalue weighted by Gasteiger charge is -2.32. The Bertz CT molecular complexity index is 811. The Morgan fingerprint density at radius 3 is 3.04 bits per heavy atom. The van der Waals surface area contributed by atoms with Crippen LogP contribution in [0.5, 0.6) is 11.5 Å². The number of phenols is 1. The van der Waals surface area contributed by atoms with Gasteiger partial charge in [-0.3, -0.25) is 0 Å². The number of likely N-dealkylation sites (N-methyl/N-ethyl adjacent to an activating group) is 1. The maximum Gasteiger partial charge on any atom is 0.243 e. The molecule has 3 heterocycles. The molecule has 2 aromatic rings. The van der Waals surface area contributed by atoms with Crippen LogP contribution in [0.15, 0.2) is 12.1 Å². The molecular weight excluding hydrogens is 330 g/mol. The Hall–Kier alpha value is -2.41. The standard InChI is InChI=1S/C19H25N5O2/c1-3-24-9-4-5-13(11-24)21-19-20-12(2)17(22-23-19)15-6-7-16-14(18(15)25)8-10-26-16/h6-7,13,25H,3-5,8-11H2,1-2H3,(H,20,21,23). The summed E-state index contributed by atoms with van der Waals surface area (Å²) < 4.78 is 5.50. The van der Waals surface area contributed by atoms with Gasteiger partial charge in [-0.15, -0.1) is 10.2 Å². The van der Waals surface area contributed by atoms with E-state index in [-0.39, 0.29) is 5.75 Å². The van der Waals surface area contributed by atoms with E-state index in [1.54, 1.807) is 0 Å². The van der Waals surface area contributed by atoms with Crippen LogP contribution in [0.25, 0.3) is 11.3 Å². The summed E-state index contributed by atoms with van der Waals surface area (Å²) >= 11 is 0. The predicted molar refractivity (Wildman–Crippen MR) is 99.6 cm³/mol. The number of phenolic OH excluding ortho intramolecular Hbond substituents is 1. The van der Waals surface area contributed by atoms with Crippen LogP contribution < -0.4 is 10.1 Å². The zero-order valence-corrected chi connectivity index (χ0v) is 15.3. The molecule has 26 heavy (non-hydrogen) atoms. The largest absolute Gasteiger partial charge is 0.507 e. The Kier molecular flexibility index (Phi) is 4.63. The highest BCUT2D eigenvalue weighted by atomic mass is 16.5. The minimum absolute atomic E-state index is 0.228. The van der Waals surface area contributed by atoms with Crippen molar-refractivity contribution in [2.75, 3.05) is 31.6 Å². The summed E-state index contributed by atoms with van der Waals surface area (Å²) in [4.78, 5) is 7.01. The maximum atomic E-state index is 10.6. The number of aryl methyl sites for hydroxylation is 1. The number of aromatic nitrogens is 3. The highest BCUT2D eigenvalue weighted by molar-refractivity contribution is 5.72. The third kappa shape index (κ3) is 3.19. The smallest absolute Gasteiger partial charge is 0.243 e. The molecule has 7 heteroatoms. The van der Waals surface area contributed by atoms with E-state index < -0.39 is 0 Å². The van der Waals surface area contributed by atoms with Crippen molar-refractivity contribution in [3.05, 3.63) is 23.4 Å². The van der Waals surface area contributed by atoms with Crippen LogP contribution in [0.2, 0.25) is 0 Å². The van der Waals surface area contributed by atoms with Crippen LogP contribution >= 0.6 is 0 Å². The molecule has 2 aliphatic rings. The summed E-state index contributed by atoms with van der Waals surface area (Å²) in [5.74, 6) is 1.53. The van der Waals surface area contributed by atoms with E-state index in [9.17, 15) is 5.11 Å². The summed E-state index contributed by atoms with van der Waals surface area (Å²) in [6.45, 7) is 7.93. The van der Waals surface area contributed by atoms with E-state index in [1.807, 2.05) is 19.1 Å². The monoisotopic (exact) mass is 355 g/mol. The number of anilines is 1. The van der Waals surface area contributed by atoms with Crippen molar-refractivity contribution in [2.45, 2.75) is 39.2 Å². The fourth-order valence-electron chi connectivity index (χ4n) is 3.81. The second-order valence-electron chi connectivity index (χ2n) is 6.98. The summed E-state index contributed by atoms with van der Waals surface area (Å²) in [6.07, 6.45) is 3.01. The third-order valence-electron chi connectivity index (χ3n) is 5.25.